The number of rotatable bonds is 1. The molecule has 1 aromatic heterocycles. The minimum atomic E-state index is 0.493. The van der Waals surface area contributed by atoms with Crippen LogP contribution in [0.15, 0.2) is 71.3 Å². The van der Waals surface area contributed by atoms with Gasteiger partial charge < -0.3 is 10.2 Å². The van der Waals surface area contributed by atoms with Crippen LogP contribution in [0.25, 0.3) is 21.5 Å². The van der Waals surface area contributed by atoms with Crippen LogP contribution in [0.3, 0.4) is 0 Å². The molecule has 1 aliphatic carbocycles. The smallest absolute Gasteiger partial charge is 0.117 e. The quantitative estimate of drug-likeness (QED) is 0.461. The SMILES string of the molecule is NCc1ccco1.c1ccc2c(c1)ccc1c3c(ccc12)CCCC3. The molecule has 2 N–H and O–H groups in total. The molecule has 25 heavy (non-hydrogen) atoms. The van der Waals surface area contributed by atoms with E-state index in [1.165, 1.54) is 47.2 Å². The molecule has 0 spiro atoms. The van der Waals surface area contributed by atoms with E-state index >= 15 is 0 Å². The van der Waals surface area contributed by atoms with Crippen molar-refractivity contribution < 1.29 is 4.42 Å². The van der Waals surface area contributed by atoms with Crippen LogP contribution in [-0.4, -0.2) is 0 Å². The van der Waals surface area contributed by atoms with Crippen molar-refractivity contribution in [3.05, 3.63) is 83.8 Å². The van der Waals surface area contributed by atoms with Gasteiger partial charge in [0.05, 0.1) is 12.8 Å². The molecule has 0 radical (unpaired) electrons. The van der Waals surface area contributed by atoms with Crippen LogP contribution in [0.4, 0.5) is 0 Å². The number of nitrogens with two attached hydrogens (primary N) is 1. The van der Waals surface area contributed by atoms with Gasteiger partial charge in [-0.25, -0.2) is 0 Å². The zero-order valence-corrected chi connectivity index (χ0v) is 14.4. The molecule has 1 heterocycles. The highest BCUT2D eigenvalue weighted by Crippen LogP contribution is 2.33. The number of aryl methyl sites for hydroxylation is 2. The monoisotopic (exact) mass is 329 g/mol. The Balaban J connectivity index is 0.000000190. The molecular weight excluding hydrogens is 306 g/mol. The van der Waals surface area contributed by atoms with Crippen LogP contribution < -0.4 is 5.73 Å². The Hall–Kier alpha value is -2.58. The molecule has 126 valence electrons. The number of fused-ring (bicyclic) bond motifs is 5. The fraction of sp³-hybridized carbons (Fsp3) is 0.217. The van der Waals surface area contributed by atoms with E-state index in [1.807, 2.05) is 12.1 Å². The second-order valence-electron chi connectivity index (χ2n) is 6.58. The van der Waals surface area contributed by atoms with Crippen LogP contribution in [0.1, 0.15) is 29.7 Å². The lowest BCUT2D eigenvalue weighted by atomic mass is 9.86. The summed E-state index contributed by atoms with van der Waals surface area (Å²) in [7, 11) is 0. The molecule has 0 amide bonds. The van der Waals surface area contributed by atoms with Crippen LogP contribution in [0.2, 0.25) is 0 Å². The van der Waals surface area contributed by atoms with Gasteiger partial charge in [0.1, 0.15) is 5.76 Å². The molecule has 0 saturated heterocycles. The highest BCUT2D eigenvalue weighted by Gasteiger charge is 2.13. The molecule has 0 saturated carbocycles. The molecule has 0 aliphatic heterocycles. The van der Waals surface area contributed by atoms with Gasteiger partial charge in [0.25, 0.3) is 0 Å². The van der Waals surface area contributed by atoms with E-state index in [9.17, 15) is 0 Å². The average molecular weight is 329 g/mol. The summed E-state index contributed by atoms with van der Waals surface area (Å²) in [4.78, 5) is 0. The number of hydrogen-bond donors (Lipinski definition) is 1. The first-order chi connectivity index (χ1) is 12.4. The van der Waals surface area contributed by atoms with Crippen molar-refractivity contribution in [2.45, 2.75) is 32.2 Å². The Morgan fingerprint density at radius 1 is 0.760 bits per heavy atom. The fourth-order valence-corrected chi connectivity index (χ4v) is 3.77. The Bertz CT molecular complexity index is 986. The summed E-state index contributed by atoms with van der Waals surface area (Å²) in [6.45, 7) is 0.493. The van der Waals surface area contributed by atoms with E-state index in [0.717, 1.165) is 5.76 Å². The van der Waals surface area contributed by atoms with E-state index in [-0.39, 0.29) is 0 Å². The number of furan rings is 1. The minimum Gasteiger partial charge on any atom is -0.468 e. The topological polar surface area (TPSA) is 39.2 Å². The van der Waals surface area contributed by atoms with Crippen LogP contribution in [-0.2, 0) is 19.4 Å². The largest absolute Gasteiger partial charge is 0.468 e. The molecule has 0 atom stereocenters. The normalized spacial score (nSPS) is 13.3. The first-order valence-corrected chi connectivity index (χ1v) is 9.01. The maximum atomic E-state index is 5.20. The van der Waals surface area contributed by atoms with Gasteiger partial charge in [0, 0.05) is 0 Å². The predicted octanol–water partition coefficient (Wildman–Crippen LogP) is 5.61. The fourth-order valence-electron chi connectivity index (χ4n) is 3.77. The van der Waals surface area contributed by atoms with E-state index < -0.39 is 0 Å². The summed E-state index contributed by atoms with van der Waals surface area (Å²) in [5.41, 5.74) is 8.38. The molecule has 0 bridgehead atoms. The van der Waals surface area contributed by atoms with Crippen molar-refractivity contribution in [1.29, 1.82) is 0 Å². The molecule has 5 rings (SSSR count). The summed E-state index contributed by atoms with van der Waals surface area (Å²) in [6, 6.07) is 21.6. The third kappa shape index (κ3) is 3.18. The van der Waals surface area contributed by atoms with Crippen LogP contribution >= 0.6 is 0 Å². The molecular formula is C23H23NO. The molecule has 2 heteroatoms. The summed E-state index contributed by atoms with van der Waals surface area (Å²) < 4.78 is 4.86. The molecule has 2 nitrogen and oxygen atoms in total. The van der Waals surface area contributed by atoms with Gasteiger partial charge in [-0.1, -0.05) is 48.5 Å². The van der Waals surface area contributed by atoms with E-state index in [1.54, 1.807) is 17.4 Å². The maximum Gasteiger partial charge on any atom is 0.117 e. The Morgan fingerprint density at radius 2 is 1.60 bits per heavy atom. The van der Waals surface area contributed by atoms with Gasteiger partial charge in [0.15, 0.2) is 0 Å². The van der Waals surface area contributed by atoms with Crippen molar-refractivity contribution in [3.63, 3.8) is 0 Å². The summed E-state index contributed by atoms with van der Waals surface area (Å²) in [5, 5.41) is 5.64. The lowest BCUT2D eigenvalue weighted by Gasteiger charge is -2.18. The molecule has 1 aliphatic rings. The lowest BCUT2D eigenvalue weighted by molar-refractivity contribution is 0.512. The summed E-state index contributed by atoms with van der Waals surface area (Å²) in [6.07, 6.45) is 6.83. The number of benzene rings is 3. The van der Waals surface area contributed by atoms with Crippen molar-refractivity contribution in [3.8, 4) is 0 Å². The zero-order chi connectivity index (χ0) is 17.1. The van der Waals surface area contributed by atoms with Gasteiger partial charge >= 0.3 is 0 Å². The standard InChI is InChI=1S/C18H16.C5H7NO/c1-3-7-15-13(5-1)9-11-18-16-8-4-2-6-14(16)10-12-17(15)18;6-4-5-2-1-3-7-5/h1,3,5,7,9-12H,2,4,6,8H2;1-3H,4,6H2. The highest BCUT2D eigenvalue weighted by molar-refractivity contribution is 6.08. The zero-order valence-electron chi connectivity index (χ0n) is 14.4. The molecule has 0 unspecified atom stereocenters. The lowest BCUT2D eigenvalue weighted by Crippen LogP contribution is -2.02. The second kappa shape index (κ2) is 7.12. The Morgan fingerprint density at radius 3 is 2.40 bits per heavy atom. The Kier molecular flexibility index (Phi) is 4.53. The molecule has 3 aromatic carbocycles. The summed E-state index contributed by atoms with van der Waals surface area (Å²) >= 11 is 0. The van der Waals surface area contributed by atoms with Crippen molar-refractivity contribution >= 4 is 21.5 Å². The van der Waals surface area contributed by atoms with E-state index in [4.69, 9.17) is 10.2 Å². The third-order valence-corrected chi connectivity index (χ3v) is 5.04. The minimum absolute atomic E-state index is 0.493. The van der Waals surface area contributed by atoms with Gasteiger partial charge in [-0.2, -0.15) is 0 Å². The van der Waals surface area contributed by atoms with Crippen molar-refractivity contribution in [2.75, 3.05) is 0 Å². The van der Waals surface area contributed by atoms with Crippen molar-refractivity contribution in [2.24, 2.45) is 5.73 Å². The highest BCUT2D eigenvalue weighted by atomic mass is 16.3. The van der Waals surface area contributed by atoms with E-state index in [0.29, 0.717) is 6.54 Å². The Labute approximate surface area is 148 Å². The predicted molar refractivity (Wildman–Crippen MR) is 105 cm³/mol. The third-order valence-electron chi connectivity index (χ3n) is 5.04. The van der Waals surface area contributed by atoms with Gasteiger partial charge in [-0.15, -0.1) is 0 Å². The molecule has 4 aromatic rings. The first kappa shape index (κ1) is 15.9. The van der Waals surface area contributed by atoms with Crippen LogP contribution in [0, 0.1) is 0 Å². The maximum absolute atomic E-state index is 5.20. The van der Waals surface area contributed by atoms with Crippen LogP contribution in [0.5, 0.6) is 0 Å². The second-order valence-corrected chi connectivity index (χ2v) is 6.58. The van der Waals surface area contributed by atoms with Crippen molar-refractivity contribution in [1.82, 2.24) is 0 Å². The van der Waals surface area contributed by atoms with Gasteiger partial charge in [-0.3, -0.25) is 0 Å². The van der Waals surface area contributed by atoms with Gasteiger partial charge in [0.2, 0.25) is 0 Å². The van der Waals surface area contributed by atoms with E-state index in [2.05, 4.69) is 48.5 Å². The molecule has 0 fully saturated rings. The number of hydrogen-bond acceptors (Lipinski definition) is 2. The van der Waals surface area contributed by atoms with Gasteiger partial charge in [-0.05, 0) is 70.5 Å². The first-order valence-electron chi connectivity index (χ1n) is 9.01. The average Bonchev–Trinajstić information content (AvgIpc) is 3.22. The summed E-state index contributed by atoms with van der Waals surface area (Å²) in [5.74, 6) is 0.833.